The maximum absolute atomic E-state index is 12.3. The van der Waals surface area contributed by atoms with E-state index in [0.29, 0.717) is 32.5 Å². The molecule has 0 radical (unpaired) electrons. The molecular weight excluding hydrogens is 432 g/mol. The molecule has 0 saturated carbocycles. The van der Waals surface area contributed by atoms with Crippen molar-refractivity contribution in [1.82, 2.24) is 10.2 Å². The molecule has 2 N–H and O–H groups in total. The fourth-order valence-electron chi connectivity index (χ4n) is 4.77. The summed E-state index contributed by atoms with van der Waals surface area (Å²) in [6.07, 6.45) is 0.591. The van der Waals surface area contributed by atoms with Gasteiger partial charge in [-0.1, -0.05) is 62.4 Å². The van der Waals surface area contributed by atoms with Crippen molar-refractivity contribution in [2.75, 3.05) is 26.2 Å². The number of fused-ring (bicyclic) bond motifs is 3. The van der Waals surface area contributed by atoms with E-state index < -0.39 is 18.0 Å². The van der Waals surface area contributed by atoms with Crippen LogP contribution in [0.25, 0.3) is 11.1 Å². The van der Waals surface area contributed by atoms with Gasteiger partial charge in [-0.2, -0.15) is 0 Å². The summed E-state index contributed by atoms with van der Waals surface area (Å²) >= 11 is 0. The van der Waals surface area contributed by atoms with Crippen molar-refractivity contribution in [3.63, 3.8) is 0 Å². The predicted molar refractivity (Wildman–Crippen MR) is 128 cm³/mol. The first kappa shape index (κ1) is 23.8. The summed E-state index contributed by atoms with van der Waals surface area (Å²) in [5.41, 5.74) is 4.73. The molecule has 0 aromatic heterocycles. The molecule has 2 aromatic rings. The Morgan fingerprint density at radius 1 is 1.03 bits per heavy atom. The summed E-state index contributed by atoms with van der Waals surface area (Å²) in [6, 6.07) is 16.4. The predicted octanol–water partition coefficient (Wildman–Crippen LogP) is 4.12. The van der Waals surface area contributed by atoms with Gasteiger partial charge in [0.25, 0.3) is 0 Å². The minimum absolute atomic E-state index is 0.0254. The number of hydrogen-bond acceptors (Lipinski definition) is 4. The number of hydrogen-bond donors (Lipinski definition) is 2. The number of ether oxygens (including phenoxy) is 1. The summed E-state index contributed by atoms with van der Waals surface area (Å²) in [7, 11) is 0. The molecule has 2 unspecified atom stereocenters. The molecule has 34 heavy (non-hydrogen) atoms. The van der Waals surface area contributed by atoms with Gasteiger partial charge in [0.2, 0.25) is 5.91 Å². The number of benzene rings is 2. The molecular formula is C27H32N2O5. The van der Waals surface area contributed by atoms with Crippen LogP contribution in [-0.2, 0) is 14.3 Å². The maximum Gasteiger partial charge on any atom is 0.407 e. The van der Waals surface area contributed by atoms with Crippen LogP contribution in [0.4, 0.5) is 4.79 Å². The zero-order chi connectivity index (χ0) is 24.2. The fraction of sp³-hybridized carbons (Fsp3) is 0.444. The zero-order valence-corrected chi connectivity index (χ0v) is 19.7. The number of likely N-dealkylation sites (tertiary alicyclic amines) is 1. The van der Waals surface area contributed by atoms with Crippen LogP contribution < -0.4 is 5.32 Å². The van der Waals surface area contributed by atoms with E-state index in [4.69, 9.17) is 9.84 Å². The highest BCUT2D eigenvalue weighted by Crippen LogP contribution is 2.44. The monoisotopic (exact) mass is 464 g/mol. The Kier molecular flexibility index (Phi) is 7.20. The lowest BCUT2D eigenvalue weighted by Crippen LogP contribution is -2.53. The van der Waals surface area contributed by atoms with Gasteiger partial charge in [0.1, 0.15) is 6.61 Å². The Hall–Kier alpha value is -3.35. The fourth-order valence-corrected chi connectivity index (χ4v) is 4.77. The summed E-state index contributed by atoms with van der Waals surface area (Å²) in [5.74, 6) is -1.01. The number of carbonyl (C=O) groups excluding carboxylic acids is 2. The van der Waals surface area contributed by atoms with E-state index in [0.717, 1.165) is 0 Å². The number of nitrogens with one attached hydrogen (secondary N) is 1. The van der Waals surface area contributed by atoms with Crippen LogP contribution in [0.1, 0.15) is 43.7 Å². The third kappa shape index (κ3) is 5.08. The van der Waals surface area contributed by atoms with Crippen molar-refractivity contribution in [3.05, 3.63) is 59.7 Å². The third-order valence-corrected chi connectivity index (χ3v) is 7.15. The molecule has 1 aliphatic heterocycles. The van der Waals surface area contributed by atoms with Gasteiger partial charge in [0.15, 0.2) is 0 Å². The Balaban J connectivity index is 1.17. The largest absolute Gasteiger partial charge is 0.481 e. The lowest BCUT2D eigenvalue weighted by atomic mass is 9.86. The van der Waals surface area contributed by atoms with Gasteiger partial charge in [0, 0.05) is 37.9 Å². The highest BCUT2D eigenvalue weighted by atomic mass is 16.5. The lowest BCUT2D eigenvalue weighted by molar-refractivity contribution is -0.150. The molecule has 2 aromatic carbocycles. The second-order valence-electron chi connectivity index (χ2n) is 9.54. The van der Waals surface area contributed by atoms with Gasteiger partial charge in [0.05, 0.1) is 5.92 Å². The summed E-state index contributed by atoms with van der Waals surface area (Å²) in [6.45, 7) is 5.41. The average Bonchev–Trinajstić information content (AvgIpc) is 3.12. The van der Waals surface area contributed by atoms with E-state index in [1.54, 1.807) is 11.8 Å². The van der Waals surface area contributed by atoms with Crippen molar-refractivity contribution in [3.8, 4) is 11.1 Å². The number of aliphatic carboxylic acids is 1. The van der Waals surface area contributed by atoms with E-state index in [2.05, 4.69) is 29.6 Å². The molecule has 2 aliphatic rings. The van der Waals surface area contributed by atoms with Crippen molar-refractivity contribution in [1.29, 1.82) is 0 Å². The van der Waals surface area contributed by atoms with Crippen LogP contribution in [0.5, 0.6) is 0 Å². The molecule has 1 saturated heterocycles. The SMILES string of the molecule is CC(CCC(=O)N1CC(C(C)C(=O)O)C1)CNC(=O)OCC1c2ccccc2-c2ccccc21. The van der Waals surface area contributed by atoms with Gasteiger partial charge in [-0.05, 0) is 34.6 Å². The van der Waals surface area contributed by atoms with Crippen LogP contribution in [0.15, 0.2) is 48.5 Å². The van der Waals surface area contributed by atoms with Crippen LogP contribution in [0.2, 0.25) is 0 Å². The molecule has 4 rings (SSSR count). The van der Waals surface area contributed by atoms with Gasteiger partial charge < -0.3 is 20.1 Å². The molecule has 1 aliphatic carbocycles. The first-order valence-electron chi connectivity index (χ1n) is 11.9. The number of amides is 2. The third-order valence-electron chi connectivity index (χ3n) is 7.15. The number of rotatable bonds is 9. The minimum atomic E-state index is -0.815. The van der Waals surface area contributed by atoms with Crippen LogP contribution >= 0.6 is 0 Å². The molecule has 1 fully saturated rings. The quantitative estimate of drug-likeness (QED) is 0.582. The number of nitrogens with zero attached hydrogens (tertiary/aromatic N) is 1. The average molecular weight is 465 g/mol. The molecule has 2 atom stereocenters. The van der Waals surface area contributed by atoms with Crippen molar-refractivity contribution >= 4 is 18.0 Å². The maximum atomic E-state index is 12.3. The summed E-state index contributed by atoms with van der Waals surface area (Å²) in [5, 5.41) is 11.9. The molecule has 7 heteroatoms. The van der Waals surface area contributed by atoms with Crippen LogP contribution in [0.3, 0.4) is 0 Å². The molecule has 1 heterocycles. The Labute approximate surface area is 200 Å². The Morgan fingerprint density at radius 2 is 1.62 bits per heavy atom. The molecule has 180 valence electrons. The van der Waals surface area contributed by atoms with E-state index >= 15 is 0 Å². The van der Waals surface area contributed by atoms with Gasteiger partial charge in [-0.25, -0.2) is 4.79 Å². The molecule has 0 bridgehead atoms. The first-order valence-corrected chi connectivity index (χ1v) is 11.9. The normalized spacial score (nSPS) is 16.7. The van der Waals surface area contributed by atoms with E-state index in [9.17, 15) is 14.4 Å². The van der Waals surface area contributed by atoms with E-state index in [-0.39, 0.29) is 30.3 Å². The number of carbonyl (C=O) groups is 3. The number of alkyl carbamates (subject to hydrolysis) is 1. The number of carboxylic acid groups (broad SMARTS) is 1. The lowest BCUT2D eigenvalue weighted by Gasteiger charge is -2.41. The Morgan fingerprint density at radius 3 is 2.21 bits per heavy atom. The second kappa shape index (κ2) is 10.3. The smallest absolute Gasteiger partial charge is 0.407 e. The standard InChI is InChI=1S/C27H32N2O5/c1-17(11-12-25(30)29-14-19(15-29)18(2)26(31)32)13-28-27(33)34-16-24-22-9-5-3-7-20(22)21-8-4-6-10-23(21)24/h3-10,17-19,24H,11-16H2,1-2H3,(H,28,33)(H,31,32). The van der Waals surface area contributed by atoms with Crippen LogP contribution in [0, 0.1) is 17.8 Å². The van der Waals surface area contributed by atoms with Crippen molar-refractivity contribution < 1.29 is 24.2 Å². The molecule has 2 amide bonds. The van der Waals surface area contributed by atoms with Crippen LogP contribution in [-0.4, -0.2) is 54.2 Å². The summed E-state index contributed by atoms with van der Waals surface area (Å²) < 4.78 is 5.56. The minimum Gasteiger partial charge on any atom is -0.481 e. The van der Waals surface area contributed by atoms with Gasteiger partial charge >= 0.3 is 12.1 Å². The molecule has 0 spiro atoms. The zero-order valence-electron chi connectivity index (χ0n) is 19.7. The van der Waals surface area contributed by atoms with E-state index in [1.807, 2.05) is 31.2 Å². The highest BCUT2D eigenvalue weighted by Gasteiger charge is 2.36. The second-order valence-corrected chi connectivity index (χ2v) is 9.54. The van der Waals surface area contributed by atoms with Gasteiger partial charge in [-0.3, -0.25) is 9.59 Å². The van der Waals surface area contributed by atoms with Crippen molar-refractivity contribution in [2.24, 2.45) is 17.8 Å². The number of carboxylic acids is 1. The van der Waals surface area contributed by atoms with Crippen molar-refractivity contribution in [2.45, 2.75) is 32.6 Å². The first-order chi connectivity index (χ1) is 16.3. The topological polar surface area (TPSA) is 95.9 Å². The van der Waals surface area contributed by atoms with E-state index in [1.165, 1.54) is 22.3 Å². The Bertz CT molecular complexity index is 1020. The summed E-state index contributed by atoms with van der Waals surface area (Å²) in [4.78, 5) is 37.4. The highest BCUT2D eigenvalue weighted by molar-refractivity contribution is 5.79. The molecule has 7 nitrogen and oxygen atoms in total. The van der Waals surface area contributed by atoms with Gasteiger partial charge in [-0.15, -0.1) is 0 Å².